The first-order valence-corrected chi connectivity index (χ1v) is 6.12. The minimum absolute atomic E-state index is 0.243. The zero-order chi connectivity index (χ0) is 13.1. The summed E-state index contributed by atoms with van der Waals surface area (Å²) in [5.74, 6) is -0.296. The van der Waals surface area contributed by atoms with Crippen LogP contribution in [-0.4, -0.2) is 5.11 Å². The SMILES string of the molecule is Cc1cc(Cl)cc(C(O)Cc2ccccc2F)c1. The fourth-order valence-corrected chi connectivity index (χ4v) is 2.25. The van der Waals surface area contributed by atoms with Crippen molar-refractivity contribution in [2.75, 3.05) is 0 Å². The molecule has 18 heavy (non-hydrogen) atoms. The van der Waals surface area contributed by atoms with Crippen molar-refractivity contribution in [2.45, 2.75) is 19.4 Å². The monoisotopic (exact) mass is 264 g/mol. The van der Waals surface area contributed by atoms with Crippen molar-refractivity contribution in [1.82, 2.24) is 0 Å². The molecule has 0 saturated heterocycles. The first-order valence-electron chi connectivity index (χ1n) is 5.75. The fraction of sp³-hybridized carbons (Fsp3) is 0.200. The summed E-state index contributed by atoms with van der Waals surface area (Å²) in [7, 11) is 0. The Hall–Kier alpha value is -1.38. The molecule has 2 aromatic carbocycles. The molecule has 3 heteroatoms. The quantitative estimate of drug-likeness (QED) is 0.886. The first kappa shape index (κ1) is 13.1. The van der Waals surface area contributed by atoms with E-state index in [0.717, 1.165) is 5.56 Å². The van der Waals surface area contributed by atoms with E-state index in [-0.39, 0.29) is 12.2 Å². The molecule has 0 radical (unpaired) electrons. The van der Waals surface area contributed by atoms with E-state index in [1.165, 1.54) is 6.07 Å². The van der Waals surface area contributed by atoms with Crippen LogP contribution < -0.4 is 0 Å². The average Bonchev–Trinajstić information content (AvgIpc) is 2.31. The second kappa shape index (κ2) is 5.51. The molecule has 1 nitrogen and oxygen atoms in total. The number of halogens is 2. The van der Waals surface area contributed by atoms with Crippen molar-refractivity contribution in [3.63, 3.8) is 0 Å². The molecule has 1 unspecified atom stereocenters. The molecule has 2 aromatic rings. The zero-order valence-electron chi connectivity index (χ0n) is 10.0. The lowest BCUT2D eigenvalue weighted by Crippen LogP contribution is -2.03. The Bertz CT molecular complexity index is 534. The predicted molar refractivity (Wildman–Crippen MR) is 71.3 cm³/mol. The highest BCUT2D eigenvalue weighted by Crippen LogP contribution is 2.24. The summed E-state index contributed by atoms with van der Waals surface area (Å²) in [4.78, 5) is 0. The van der Waals surface area contributed by atoms with E-state index >= 15 is 0 Å². The van der Waals surface area contributed by atoms with Crippen LogP contribution in [-0.2, 0) is 6.42 Å². The van der Waals surface area contributed by atoms with Crippen molar-refractivity contribution in [1.29, 1.82) is 0 Å². The number of hydrogen-bond acceptors (Lipinski definition) is 1. The largest absolute Gasteiger partial charge is 0.388 e. The highest BCUT2D eigenvalue weighted by Gasteiger charge is 2.12. The van der Waals surface area contributed by atoms with Gasteiger partial charge in [0.15, 0.2) is 0 Å². The maximum Gasteiger partial charge on any atom is 0.126 e. The summed E-state index contributed by atoms with van der Waals surface area (Å²) in [5.41, 5.74) is 2.19. The molecule has 2 rings (SSSR count). The van der Waals surface area contributed by atoms with Crippen LogP contribution >= 0.6 is 11.6 Å². The van der Waals surface area contributed by atoms with Gasteiger partial charge in [0.05, 0.1) is 6.10 Å². The van der Waals surface area contributed by atoms with Gasteiger partial charge in [-0.05, 0) is 41.8 Å². The van der Waals surface area contributed by atoms with Gasteiger partial charge in [0.2, 0.25) is 0 Å². The third-order valence-electron chi connectivity index (χ3n) is 2.82. The molecule has 0 spiro atoms. The van der Waals surface area contributed by atoms with E-state index in [9.17, 15) is 9.50 Å². The van der Waals surface area contributed by atoms with Gasteiger partial charge in [-0.2, -0.15) is 0 Å². The van der Waals surface area contributed by atoms with E-state index < -0.39 is 6.10 Å². The Labute approximate surface area is 111 Å². The van der Waals surface area contributed by atoms with Crippen molar-refractivity contribution in [2.24, 2.45) is 0 Å². The summed E-state index contributed by atoms with van der Waals surface area (Å²) < 4.78 is 13.5. The molecule has 0 aromatic heterocycles. The van der Waals surface area contributed by atoms with Gasteiger partial charge in [-0.1, -0.05) is 35.9 Å². The van der Waals surface area contributed by atoms with Crippen LogP contribution in [0.25, 0.3) is 0 Å². The predicted octanol–water partition coefficient (Wildman–Crippen LogP) is 4.06. The van der Waals surface area contributed by atoms with Crippen LogP contribution in [0.4, 0.5) is 4.39 Å². The van der Waals surface area contributed by atoms with E-state index in [4.69, 9.17) is 11.6 Å². The highest BCUT2D eigenvalue weighted by atomic mass is 35.5. The first-order chi connectivity index (χ1) is 8.56. The lowest BCUT2D eigenvalue weighted by molar-refractivity contribution is 0.177. The van der Waals surface area contributed by atoms with Crippen LogP contribution in [0.15, 0.2) is 42.5 Å². The fourth-order valence-electron chi connectivity index (χ4n) is 1.95. The van der Waals surface area contributed by atoms with Gasteiger partial charge in [0.1, 0.15) is 5.82 Å². The molecule has 0 amide bonds. The molecule has 0 fully saturated rings. The van der Waals surface area contributed by atoms with E-state index in [1.54, 1.807) is 24.3 Å². The number of aryl methyl sites for hydroxylation is 1. The third-order valence-corrected chi connectivity index (χ3v) is 3.04. The van der Waals surface area contributed by atoms with Crippen LogP contribution in [0.5, 0.6) is 0 Å². The molecule has 94 valence electrons. The second-order valence-electron chi connectivity index (χ2n) is 4.37. The van der Waals surface area contributed by atoms with Gasteiger partial charge in [-0.15, -0.1) is 0 Å². The van der Waals surface area contributed by atoms with Gasteiger partial charge >= 0.3 is 0 Å². The van der Waals surface area contributed by atoms with E-state index in [1.807, 2.05) is 19.1 Å². The molecular weight excluding hydrogens is 251 g/mol. The Balaban J connectivity index is 2.22. The zero-order valence-corrected chi connectivity index (χ0v) is 10.8. The summed E-state index contributed by atoms with van der Waals surface area (Å²) in [6, 6.07) is 11.8. The maximum absolute atomic E-state index is 13.5. The minimum Gasteiger partial charge on any atom is -0.388 e. The molecule has 1 N–H and O–H groups in total. The highest BCUT2D eigenvalue weighted by molar-refractivity contribution is 6.30. The summed E-state index contributed by atoms with van der Waals surface area (Å²) in [6.45, 7) is 1.91. The Kier molecular flexibility index (Phi) is 4.00. The summed E-state index contributed by atoms with van der Waals surface area (Å²) in [6.07, 6.45) is -0.508. The van der Waals surface area contributed by atoms with Crippen LogP contribution in [0.2, 0.25) is 5.02 Å². The summed E-state index contributed by atoms with van der Waals surface area (Å²) in [5, 5.41) is 10.7. The van der Waals surface area contributed by atoms with Gasteiger partial charge in [-0.3, -0.25) is 0 Å². The molecule has 0 aliphatic rings. The normalized spacial score (nSPS) is 12.4. The smallest absolute Gasteiger partial charge is 0.126 e. The second-order valence-corrected chi connectivity index (χ2v) is 4.81. The van der Waals surface area contributed by atoms with Crippen molar-refractivity contribution in [3.8, 4) is 0 Å². The molecule has 0 aliphatic carbocycles. The number of hydrogen-bond donors (Lipinski definition) is 1. The van der Waals surface area contributed by atoms with Crippen molar-refractivity contribution < 1.29 is 9.50 Å². The Morgan fingerprint density at radius 1 is 1.22 bits per heavy atom. The number of aliphatic hydroxyl groups is 1. The van der Waals surface area contributed by atoms with E-state index in [0.29, 0.717) is 16.1 Å². The maximum atomic E-state index is 13.5. The lowest BCUT2D eigenvalue weighted by Gasteiger charge is -2.13. The standard InChI is InChI=1S/C15H14ClFO/c1-10-6-12(8-13(16)7-10)15(18)9-11-4-2-3-5-14(11)17/h2-8,15,18H,9H2,1H3. The molecule has 0 aliphatic heterocycles. The van der Waals surface area contributed by atoms with Crippen molar-refractivity contribution in [3.05, 3.63) is 70.0 Å². The van der Waals surface area contributed by atoms with Gasteiger partial charge in [-0.25, -0.2) is 4.39 Å². The summed E-state index contributed by atoms with van der Waals surface area (Å²) >= 11 is 5.94. The van der Waals surface area contributed by atoms with Gasteiger partial charge < -0.3 is 5.11 Å². The van der Waals surface area contributed by atoms with Crippen molar-refractivity contribution >= 4 is 11.6 Å². The third kappa shape index (κ3) is 3.09. The number of aliphatic hydroxyl groups excluding tert-OH is 1. The number of benzene rings is 2. The molecular formula is C15H14ClFO. The van der Waals surface area contributed by atoms with Gasteiger partial charge in [0, 0.05) is 11.4 Å². The Morgan fingerprint density at radius 3 is 2.61 bits per heavy atom. The molecule has 0 bridgehead atoms. The minimum atomic E-state index is -0.751. The number of rotatable bonds is 3. The topological polar surface area (TPSA) is 20.2 Å². The van der Waals surface area contributed by atoms with Crippen LogP contribution in [0.1, 0.15) is 22.8 Å². The molecule has 0 saturated carbocycles. The van der Waals surface area contributed by atoms with Crippen LogP contribution in [0.3, 0.4) is 0 Å². The average molecular weight is 265 g/mol. The molecule has 1 atom stereocenters. The van der Waals surface area contributed by atoms with Gasteiger partial charge in [0.25, 0.3) is 0 Å². The van der Waals surface area contributed by atoms with Crippen LogP contribution in [0, 0.1) is 12.7 Å². The molecule has 0 heterocycles. The Morgan fingerprint density at radius 2 is 1.94 bits per heavy atom. The van der Waals surface area contributed by atoms with E-state index in [2.05, 4.69) is 0 Å². The lowest BCUT2D eigenvalue weighted by atomic mass is 10.00.